The lowest BCUT2D eigenvalue weighted by Crippen LogP contribution is -2.13. The number of nitrogen functional groups attached to an aromatic ring is 1. The number of rotatable bonds is 4. The summed E-state index contributed by atoms with van der Waals surface area (Å²) in [5.74, 6) is -1.33. The molecule has 0 fully saturated rings. The second kappa shape index (κ2) is 7.00. The number of phenols is 1. The van der Waals surface area contributed by atoms with Gasteiger partial charge in [0.2, 0.25) is 0 Å². The second-order valence-electron chi connectivity index (χ2n) is 6.04. The van der Waals surface area contributed by atoms with Crippen molar-refractivity contribution < 1.29 is 35.8 Å². The average Bonchev–Trinajstić information content (AvgIpc) is 2.60. The van der Waals surface area contributed by atoms with E-state index in [1.54, 1.807) is 0 Å². The number of anilines is 2. The van der Waals surface area contributed by atoms with Crippen LogP contribution >= 0.6 is 0 Å². The highest BCUT2D eigenvalue weighted by atomic mass is 32.2. The van der Waals surface area contributed by atoms with Crippen LogP contribution in [0.25, 0.3) is 10.8 Å². The molecule has 0 saturated carbocycles. The number of benzene rings is 3. The first-order chi connectivity index (χ1) is 13.4. The number of carbonyl (C=O) groups is 1. The zero-order chi connectivity index (χ0) is 21.6. The quantitative estimate of drug-likeness (QED) is 0.299. The molecule has 12 heteroatoms. The van der Waals surface area contributed by atoms with E-state index < -0.39 is 41.7 Å². The Labute approximate surface area is 165 Å². The average molecular weight is 438 g/mol. The van der Waals surface area contributed by atoms with E-state index in [-0.39, 0.29) is 22.0 Å². The van der Waals surface area contributed by atoms with E-state index in [4.69, 9.17) is 5.73 Å². The minimum Gasteiger partial charge on any atom is -0.507 e. The molecular weight excluding hydrogens is 424 g/mol. The Morgan fingerprint density at radius 1 is 0.862 bits per heavy atom. The van der Waals surface area contributed by atoms with Crippen LogP contribution in [0.4, 0.5) is 11.4 Å². The van der Waals surface area contributed by atoms with Gasteiger partial charge in [-0.1, -0.05) is 0 Å². The first-order valence-corrected chi connectivity index (χ1v) is 10.7. The fourth-order valence-electron chi connectivity index (χ4n) is 2.66. The first-order valence-electron chi connectivity index (χ1n) is 7.79. The van der Waals surface area contributed by atoms with Crippen molar-refractivity contribution in [3.63, 3.8) is 0 Å². The Hall–Kier alpha value is -3.19. The molecule has 29 heavy (non-hydrogen) atoms. The Morgan fingerprint density at radius 2 is 1.38 bits per heavy atom. The van der Waals surface area contributed by atoms with E-state index in [1.165, 1.54) is 24.3 Å². The molecule has 3 rings (SSSR count). The minimum absolute atomic E-state index is 0.103. The van der Waals surface area contributed by atoms with Crippen LogP contribution in [0, 0.1) is 0 Å². The van der Waals surface area contributed by atoms with E-state index in [0.29, 0.717) is 5.69 Å². The van der Waals surface area contributed by atoms with Crippen molar-refractivity contribution >= 4 is 48.3 Å². The van der Waals surface area contributed by atoms with Gasteiger partial charge >= 0.3 is 0 Å². The Kier molecular flexibility index (Phi) is 4.96. The fraction of sp³-hybridized carbons (Fsp3) is 0. The van der Waals surface area contributed by atoms with Crippen LogP contribution in [-0.4, -0.2) is 37.0 Å². The van der Waals surface area contributed by atoms with E-state index >= 15 is 0 Å². The first kappa shape index (κ1) is 20.5. The summed E-state index contributed by atoms with van der Waals surface area (Å²) in [5, 5.41) is 12.4. The van der Waals surface area contributed by atoms with Gasteiger partial charge in [0, 0.05) is 22.7 Å². The molecule has 10 nitrogen and oxygen atoms in total. The number of nitrogens with two attached hydrogens (primary N) is 1. The Morgan fingerprint density at radius 3 is 1.90 bits per heavy atom. The largest absolute Gasteiger partial charge is 0.507 e. The van der Waals surface area contributed by atoms with Gasteiger partial charge in [-0.05, 0) is 47.9 Å². The highest BCUT2D eigenvalue weighted by molar-refractivity contribution is 7.86. The number of phenolic OH excluding ortho intramolecular Hbond substituents is 1. The van der Waals surface area contributed by atoms with Gasteiger partial charge in [0.05, 0.1) is 15.5 Å². The minimum atomic E-state index is -4.75. The van der Waals surface area contributed by atoms with Gasteiger partial charge in [-0.15, -0.1) is 0 Å². The zero-order valence-corrected chi connectivity index (χ0v) is 16.0. The second-order valence-corrected chi connectivity index (χ2v) is 8.88. The number of hydrogen-bond acceptors (Lipinski definition) is 7. The summed E-state index contributed by atoms with van der Waals surface area (Å²) in [5.41, 5.74) is 5.93. The third kappa shape index (κ3) is 4.30. The molecule has 0 aliphatic heterocycles. The highest BCUT2D eigenvalue weighted by Crippen LogP contribution is 2.36. The lowest BCUT2D eigenvalue weighted by Gasteiger charge is -2.13. The molecule has 3 aromatic carbocycles. The molecular formula is C17H14N2O8S2. The van der Waals surface area contributed by atoms with E-state index in [9.17, 15) is 35.8 Å². The van der Waals surface area contributed by atoms with Gasteiger partial charge in [-0.25, -0.2) is 0 Å². The number of amides is 1. The molecule has 0 atom stereocenters. The number of fused-ring (bicyclic) bond motifs is 1. The fourth-order valence-corrected chi connectivity index (χ4v) is 3.74. The van der Waals surface area contributed by atoms with Crippen LogP contribution in [0.3, 0.4) is 0 Å². The van der Waals surface area contributed by atoms with Crippen molar-refractivity contribution in [3.8, 4) is 5.75 Å². The predicted octanol–water partition coefficient (Wildman–Crippen LogP) is 1.87. The molecule has 1 amide bonds. The molecule has 3 aromatic rings. The monoisotopic (exact) mass is 438 g/mol. The highest BCUT2D eigenvalue weighted by Gasteiger charge is 2.20. The van der Waals surface area contributed by atoms with Gasteiger partial charge < -0.3 is 16.2 Å². The van der Waals surface area contributed by atoms with Crippen molar-refractivity contribution in [2.75, 3.05) is 11.1 Å². The van der Waals surface area contributed by atoms with E-state index in [0.717, 1.165) is 24.3 Å². The van der Waals surface area contributed by atoms with Gasteiger partial charge in [0.1, 0.15) is 5.75 Å². The van der Waals surface area contributed by atoms with Crippen LogP contribution in [0.5, 0.6) is 5.75 Å². The lowest BCUT2D eigenvalue weighted by molar-refractivity contribution is 0.102. The van der Waals surface area contributed by atoms with Gasteiger partial charge in [-0.3, -0.25) is 13.9 Å². The molecule has 0 radical (unpaired) electrons. The molecule has 0 aliphatic rings. The lowest BCUT2D eigenvalue weighted by atomic mass is 10.1. The molecule has 0 aliphatic carbocycles. The van der Waals surface area contributed by atoms with Gasteiger partial charge in [0.25, 0.3) is 26.1 Å². The summed E-state index contributed by atoms with van der Waals surface area (Å²) in [4.78, 5) is 11.1. The number of carbonyl (C=O) groups excluding carboxylic acids is 1. The molecule has 0 heterocycles. The molecule has 0 unspecified atom stereocenters. The Bertz CT molecular complexity index is 1340. The molecule has 0 bridgehead atoms. The summed E-state index contributed by atoms with van der Waals surface area (Å²) in [6.07, 6.45) is 0. The van der Waals surface area contributed by atoms with E-state index in [2.05, 4.69) is 5.32 Å². The van der Waals surface area contributed by atoms with Crippen molar-refractivity contribution in [1.29, 1.82) is 0 Å². The summed E-state index contributed by atoms with van der Waals surface area (Å²) in [7, 11) is -9.46. The van der Waals surface area contributed by atoms with Gasteiger partial charge in [0.15, 0.2) is 0 Å². The predicted molar refractivity (Wildman–Crippen MR) is 104 cm³/mol. The van der Waals surface area contributed by atoms with Crippen LogP contribution in [0.2, 0.25) is 0 Å². The third-order valence-electron chi connectivity index (χ3n) is 3.99. The van der Waals surface area contributed by atoms with E-state index in [1.807, 2.05) is 0 Å². The number of hydrogen-bond donors (Lipinski definition) is 5. The van der Waals surface area contributed by atoms with Crippen molar-refractivity contribution in [3.05, 3.63) is 54.1 Å². The molecule has 0 spiro atoms. The SMILES string of the molecule is Nc1ccc(C(=O)Nc2cc(S(=O)(=O)O)cc3cc(S(=O)(=O)O)cc(O)c23)cc1. The van der Waals surface area contributed by atoms with Crippen LogP contribution < -0.4 is 11.1 Å². The van der Waals surface area contributed by atoms with Crippen LogP contribution in [-0.2, 0) is 20.2 Å². The topological polar surface area (TPSA) is 184 Å². The summed E-state index contributed by atoms with van der Waals surface area (Å²) < 4.78 is 64.5. The van der Waals surface area contributed by atoms with Crippen molar-refractivity contribution in [2.24, 2.45) is 0 Å². The third-order valence-corrected chi connectivity index (χ3v) is 5.65. The number of aromatic hydroxyl groups is 1. The zero-order valence-electron chi connectivity index (χ0n) is 14.4. The molecule has 152 valence electrons. The molecule has 0 aromatic heterocycles. The standard InChI is InChI=1S/C17H14N2O8S2/c18-11-3-1-9(2-4-11)17(21)19-14-7-12(28(22,23)24)5-10-6-13(29(25,26)27)8-15(20)16(10)14/h1-8,20H,18H2,(H,19,21)(H,22,23,24)(H,25,26,27). The number of nitrogens with one attached hydrogen (secondary N) is 1. The molecule has 6 N–H and O–H groups in total. The molecule has 0 saturated heterocycles. The maximum atomic E-state index is 12.5. The van der Waals surface area contributed by atoms with Crippen molar-refractivity contribution in [1.82, 2.24) is 0 Å². The van der Waals surface area contributed by atoms with Gasteiger partial charge in [-0.2, -0.15) is 16.8 Å². The summed E-state index contributed by atoms with van der Waals surface area (Å²) >= 11 is 0. The van der Waals surface area contributed by atoms with Crippen molar-refractivity contribution in [2.45, 2.75) is 9.79 Å². The summed E-state index contributed by atoms with van der Waals surface area (Å²) in [6.45, 7) is 0. The Balaban J connectivity index is 2.24. The smallest absolute Gasteiger partial charge is 0.294 e. The summed E-state index contributed by atoms with van der Waals surface area (Å²) in [6, 6.07) is 9.18. The van der Waals surface area contributed by atoms with Crippen LogP contribution in [0.15, 0.2) is 58.3 Å². The maximum Gasteiger partial charge on any atom is 0.294 e. The normalized spacial score (nSPS) is 12.1. The maximum absolute atomic E-state index is 12.5. The van der Waals surface area contributed by atoms with Crippen LogP contribution in [0.1, 0.15) is 10.4 Å².